The van der Waals surface area contributed by atoms with Crippen molar-refractivity contribution >= 4 is 25.1 Å². The third-order valence-electron chi connectivity index (χ3n) is 2.25. The average molecular weight is 268 g/mol. The molecule has 0 bridgehead atoms. The van der Waals surface area contributed by atoms with Crippen LogP contribution in [0.15, 0.2) is 12.1 Å². The molecule has 1 rings (SSSR count). The summed E-state index contributed by atoms with van der Waals surface area (Å²) in [5, 5.41) is 0. The number of rotatable bonds is 2. The van der Waals surface area contributed by atoms with Gasteiger partial charge in [-0.2, -0.15) is 12.6 Å². The summed E-state index contributed by atoms with van der Waals surface area (Å²) < 4.78 is 38.0. The molecular weight excluding hydrogens is 259 g/mol. The first-order valence-corrected chi connectivity index (χ1v) is 4.94. The van der Waals surface area contributed by atoms with E-state index < -0.39 is 12.4 Å². The van der Waals surface area contributed by atoms with Gasteiger partial charge >= 0.3 is 58.4 Å². The van der Waals surface area contributed by atoms with E-state index in [9.17, 15) is 12.9 Å². The van der Waals surface area contributed by atoms with Crippen molar-refractivity contribution < 1.29 is 64.3 Å². The molecule has 6 heteroatoms. The fourth-order valence-corrected chi connectivity index (χ4v) is 1.71. The summed E-state index contributed by atoms with van der Waals surface area (Å²) in [5.41, 5.74) is 0.382. The fraction of sp³-hybridized carbons (Fsp3) is 0.200. The second-order valence-electron chi connectivity index (χ2n) is 3.23. The smallest absolute Gasteiger partial charge is 0.445 e. The zero-order valence-corrected chi connectivity index (χ0v) is 13.1. The summed E-state index contributed by atoms with van der Waals surface area (Å²) in [4.78, 5) is 0. The minimum atomic E-state index is -5.01. The molecule has 0 unspecified atom stereocenters. The maximum absolute atomic E-state index is 12.7. The zero-order chi connectivity index (χ0) is 11.6. The number of halogens is 3. The molecule has 0 saturated heterocycles. The molecule has 0 saturated carbocycles. The van der Waals surface area contributed by atoms with Gasteiger partial charge in [0.15, 0.2) is 0 Å². The van der Waals surface area contributed by atoms with Crippen LogP contribution in [0.1, 0.15) is 16.7 Å². The predicted octanol–water partition coefficient (Wildman–Crippen LogP) is -0.535. The SMILES string of the molecule is C#Cc1cc(CS)c(C)c([B-](F)(F)F)c1.[K+]. The van der Waals surface area contributed by atoms with Crippen LogP contribution in [0.5, 0.6) is 0 Å². The topological polar surface area (TPSA) is 0 Å². The quantitative estimate of drug-likeness (QED) is 0.416. The first kappa shape index (κ1) is 16.6. The molecule has 0 N–H and O–H groups in total. The van der Waals surface area contributed by atoms with E-state index in [4.69, 9.17) is 6.42 Å². The van der Waals surface area contributed by atoms with Crippen LogP contribution in [-0.4, -0.2) is 6.98 Å². The Bertz CT molecular complexity index is 423. The molecule has 0 aliphatic carbocycles. The van der Waals surface area contributed by atoms with E-state index in [1.54, 1.807) is 6.07 Å². The first-order valence-electron chi connectivity index (χ1n) is 4.31. The van der Waals surface area contributed by atoms with Crippen molar-refractivity contribution in [2.45, 2.75) is 12.7 Å². The number of thiol groups is 1. The van der Waals surface area contributed by atoms with Crippen molar-refractivity contribution in [3.8, 4) is 12.3 Å². The minimum Gasteiger partial charge on any atom is -0.445 e. The van der Waals surface area contributed by atoms with Crippen LogP contribution in [0, 0.1) is 19.3 Å². The van der Waals surface area contributed by atoms with Crippen molar-refractivity contribution in [2.75, 3.05) is 0 Å². The van der Waals surface area contributed by atoms with E-state index in [-0.39, 0.29) is 68.3 Å². The Kier molecular flexibility index (Phi) is 6.78. The molecule has 0 amide bonds. The number of hydrogen-bond donors (Lipinski definition) is 1. The van der Waals surface area contributed by atoms with Crippen LogP contribution < -0.4 is 56.8 Å². The molecule has 0 nitrogen and oxygen atoms in total. The molecule has 0 aliphatic rings. The summed E-state index contributed by atoms with van der Waals surface area (Å²) >= 11 is 3.98. The summed E-state index contributed by atoms with van der Waals surface area (Å²) in [6, 6.07) is 2.58. The molecule has 1 aromatic rings. The summed E-state index contributed by atoms with van der Waals surface area (Å²) in [5.74, 6) is 2.47. The second-order valence-corrected chi connectivity index (χ2v) is 3.54. The van der Waals surface area contributed by atoms with Gasteiger partial charge in [-0.15, -0.1) is 11.9 Å². The van der Waals surface area contributed by atoms with Gasteiger partial charge in [0.25, 0.3) is 0 Å². The number of hydrogen-bond acceptors (Lipinski definition) is 1. The van der Waals surface area contributed by atoms with Gasteiger partial charge in [-0.3, -0.25) is 0 Å². The maximum atomic E-state index is 12.7. The third kappa shape index (κ3) is 3.83. The van der Waals surface area contributed by atoms with Crippen LogP contribution >= 0.6 is 12.6 Å². The van der Waals surface area contributed by atoms with Crippen molar-refractivity contribution in [1.82, 2.24) is 0 Å². The van der Waals surface area contributed by atoms with Crippen LogP contribution in [0.2, 0.25) is 0 Å². The molecular formula is C10H9BF3KS. The molecule has 0 aromatic heterocycles. The van der Waals surface area contributed by atoms with Gasteiger partial charge in [0.05, 0.1) is 0 Å². The zero-order valence-electron chi connectivity index (χ0n) is 9.10. The Labute approximate surface area is 141 Å². The monoisotopic (exact) mass is 268 g/mol. The molecule has 0 spiro atoms. The Morgan fingerprint density at radius 1 is 1.38 bits per heavy atom. The van der Waals surface area contributed by atoms with Crippen LogP contribution in [-0.2, 0) is 5.75 Å². The van der Waals surface area contributed by atoms with Gasteiger partial charge in [0, 0.05) is 11.3 Å². The minimum absolute atomic E-state index is 0. The fourth-order valence-electron chi connectivity index (χ4n) is 1.39. The molecule has 0 radical (unpaired) electrons. The van der Waals surface area contributed by atoms with Gasteiger partial charge in [-0.05, 0) is 18.6 Å². The normalized spacial score (nSPS) is 10.5. The van der Waals surface area contributed by atoms with E-state index >= 15 is 0 Å². The molecule has 0 heterocycles. The van der Waals surface area contributed by atoms with Gasteiger partial charge in [0.1, 0.15) is 0 Å². The number of terminal acetylenes is 1. The van der Waals surface area contributed by atoms with Crippen molar-refractivity contribution in [1.29, 1.82) is 0 Å². The van der Waals surface area contributed by atoms with Gasteiger partial charge in [0.2, 0.25) is 0 Å². The van der Waals surface area contributed by atoms with Gasteiger partial charge in [-0.25, -0.2) is 0 Å². The summed E-state index contributed by atoms with van der Waals surface area (Å²) in [6.07, 6.45) is 5.10. The van der Waals surface area contributed by atoms with E-state index in [0.29, 0.717) is 5.56 Å². The van der Waals surface area contributed by atoms with E-state index in [1.165, 1.54) is 6.92 Å². The Balaban J connectivity index is 0.00000225. The molecule has 16 heavy (non-hydrogen) atoms. The van der Waals surface area contributed by atoms with E-state index in [1.807, 2.05) is 0 Å². The number of benzene rings is 1. The van der Waals surface area contributed by atoms with Crippen molar-refractivity contribution in [2.24, 2.45) is 0 Å². The standard InChI is InChI=1S/C10H9BF3S.K/c1-3-8-4-9(6-15)7(2)10(5-8)11(12,13)14;/h1,4-5,15H,6H2,2H3;/q-1;+1. The molecule has 0 atom stereocenters. The van der Waals surface area contributed by atoms with Gasteiger partial charge in [-0.1, -0.05) is 17.6 Å². The van der Waals surface area contributed by atoms with E-state index in [0.717, 1.165) is 6.07 Å². The van der Waals surface area contributed by atoms with Crippen LogP contribution in [0.4, 0.5) is 12.9 Å². The average Bonchev–Trinajstić information content (AvgIpc) is 2.16. The Hall–Kier alpha value is 0.621. The predicted molar refractivity (Wildman–Crippen MR) is 60.5 cm³/mol. The second kappa shape index (κ2) is 6.53. The molecule has 1 aromatic carbocycles. The molecule has 0 aliphatic heterocycles. The molecule has 80 valence electrons. The van der Waals surface area contributed by atoms with E-state index in [2.05, 4.69) is 18.5 Å². The van der Waals surface area contributed by atoms with Crippen LogP contribution in [0.25, 0.3) is 0 Å². The summed E-state index contributed by atoms with van der Waals surface area (Å²) in [6.45, 7) is -3.57. The van der Waals surface area contributed by atoms with Crippen molar-refractivity contribution in [3.05, 3.63) is 28.8 Å². The van der Waals surface area contributed by atoms with Gasteiger partial charge < -0.3 is 12.9 Å². The molecule has 0 fully saturated rings. The van der Waals surface area contributed by atoms with Crippen molar-refractivity contribution in [3.63, 3.8) is 0 Å². The van der Waals surface area contributed by atoms with Crippen LogP contribution in [0.3, 0.4) is 0 Å². The Morgan fingerprint density at radius 3 is 2.31 bits per heavy atom. The Morgan fingerprint density at radius 2 is 1.94 bits per heavy atom. The maximum Gasteiger partial charge on any atom is 1.00 e. The largest absolute Gasteiger partial charge is 1.00 e. The third-order valence-corrected chi connectivity index (χ3v) is 2.59. The first-order chi connectivity index (χ1) is 6.90. The summed E-state index contributed by atoms with van der Waals surface area (Å²) in [7, 11) is 0.